The molecule has 0 aliphatic carbocycles. The van der Waals surface area contributed by atoms with Crippen molar-refractivity contribution in [3.8, 4) is 0 Å². The summed E-state index contributed by atoms with van der Waals surface area (Å²) in [6.07, 6.45) is 1.43. The van der Waals surface area contributed by atoms with E-state index in [1.807, 2.05) is 0 Å². The van der Waals surface area contributed by atoms with Gasteiger partial charge < -0.3 is 14.6 Å². The van der Waals surface area contributed by atoms with Crippen LogP contribution in [-0.2, 0) is 14.9 Å². The van der Waals surface area contributed by atoms with Gasteiger partial charge in [0.2, 0.25) is 0 Å². The Bertz CT molecular complexity index is 210. The Hall–Kier alpha value is -0.170. The molecular formula is C9H23NO4S. The van der Waals surface area contributed by atoms with Crippen molar-refractivity contribution in [3.05, 3.63) is 0 Å². The minimum atomic E-state index is -3.91. The smallest absolute Gasteiger partial charge is 0.0943 e. The lowest BCUT2D eigenvalue weighted by molar-refractivity contribution is -0.637. The summed E-state index contributed by atoms with van der Waals surface area (Å²) in [6, 6.07) is 0. The number of quaternary nitrogens is 1. The third kappa shape index (κ3) is 20.0. The zero-order valence-corrected chi connectivity index (χ0v) is 10.8. The van der Waals surface area contributed by atoms with Crippen molar-refractivity contribution in [2.75, 3.05) is 33.1 Å². The third-order valence-corrected chi connectivity index (χ3v) is 2.49. The molecule has 1 rings (SSSR count). The third-order valence-electron chi connectivity index (χ3n) is 1.79. The van der Waals surface area contributed by atoms with E-state index in [0.717, 1.165) is 5.92 Å². The van der Waals surface area contributed by atoms with Gasteiger partial charge in [0.25, 0.3) is 0 Å². The molecule has 15 heavy (non-hydrogen) atoms. The van der Waals surface area contributed by atoms with Crippen LogP contribution in [0.1, 0.15) is 20.3 Å². The van der Waals surface area contributed by atoms with Crippen LogP contribution in [-0.4, -0.2) is 46.0 Å². The van der Waals surface area contributed by atoms with E-state index in [-0.39, 0.29) is 5.75 Å². The molecule has 2 N–H and O–H groups in total. The highest BCUT2D eigenvalue weighted by Crippen LogP contribution is 1.97. The summed E-state index contributed by atoms with van der Waals surface area (Å²) < 4.78 is 32.6. The molecule has 1 unspecified atom stereocenters. The molecule has 6 heteroatoms. The van der Waals surface area contributed by atoms with Gasteiger partial charge in [0.1, 0.15) is 0 Å². The number of hydrogen-bond donors (Lipinski definition) is 1. The highest BCUT2D eigenvalue weighted by atomic mass is 32.2. The number of ether oxygens (including phenoxy) is 1. The summed E-state index contributed by atoms with van der Waals surface area (Å²) in [6.45, 7) is 6.34. The second-order valence-electron chi connectivity index (χ2n) is 3.46. The second kappa shape index (κ2) is 10.4. The van der Waals surface area contributed by atoms with E-state index in [9.17, 15) is 13.0 Å². The van der Waals surface area contributed by atoms with E-state index in [1.165, 1.54) is 26.4 Å². The molecule has 1 aliphatic rings. The van der Waals surface area contributed by atoms with Gasteiger partial charge in [0, 0.05) is 32.3 Å². The maximum Gasteiger partial charge on any atom is 0.0943 e. The molecule has 1 heterocycles. The van der Waals surface area contributed by atoms with Crippen LogP contribution in [0.25, 0.3) is 0 Å². The quantitative estimate of drug-likeness (QED) is 0.622. The number of methoxy groups -OCH3 is 1. The van der Waals surface area contributed by atoms with Crippen molar-refractivity contribution in [3.63, 3.8) is 0 Å². The zero-order chi connectivity index (χ0) is 12.3. The Morgan fingerprint density at radius 3 is 1.93 bits per heavy atom. The second-order valence-corrected chi connectivity index (χ2v) is 5.15. The lowest BCUT2D eigenvalue weighted by atomic mass is 10.2. The predicted octanol–water partition coefficient (Wildman–Crippen LogP) is -0.596. The van der Waals surface area contributed by atoms with Gasteiger partial charge in [-0.25, -0.2) is 8.42 Å². The Morgan fingerprint density at radius 1 is 1.47 bits per heavy atom. The first-order valence-electron chi connectivity index (χ1n) is 5.02. The van der Waals surface area contributed by atoms with Crippen LogP contribution in [0.3, 0.4) is 0 Å². The molecule has 94 valence electrons. The minimum absolute atomic E-state index is 0.312. The molecule has 1 fully saturated rings. The van der Waals surface area contributed by atoms with Gasteiger partial charge >= 0.3 is 0 Å². The molecule has 0 bridgehead atoms. The summed E-state index contributed by atoms with van der Waals surface area (Å²) in [5.41, 5.74) is 0. The SMILES string of the molecule is CC1CC[NH2+]C1.CCS(=O)(=O)[O-].COC. The molecule has 1 aliphatic heterocycles. The predicted molar refractivity (Wildman–Crippen MR) is 58.6 cm³/mol. The topological polar surface area (TPSA) is 83.0 Å². The Balaban J connectivity index is 0. The van der Waals surface area contributed by atoms with E-state index < -0.39 is 10.1 Å². The summed E-state index contributed by atoms with van der Waals surface area (Å²) >= 11 is 0. The van der Waals surface area contributed by atoms with Crippen molar-refractivity contribution in [2.45, 2.75) is 20.3 Å². The highest BCUT2D eigenvalue weighted by Gasteiger charge is 2.10. The number of hydrogen-bond acceptors (Lipinski definition) is 4. The van der Waals surface area contributed by atoms with Crippen molar-refractivity contribution in [2.24, 2.45) is 5.92 Å². The minimum Gasteiger partial charge on any atom is -0.748 e. The van der Waals surface area contributed by atoms with Crippen LogP contribution in [0.15, 0.2) is 0 Å². The van der Waals surface area contributed by atoms with Crippen molar-refractivity contribution >= 4 is 10.1 Å². The maximum atomic E-state index is 9.44. The van der Waals surface area contributed by atoms with Gasteiger partial charge in [0.05, 0.1) is 23.2 Å². The average Bonchev–Trinajstić information content (AvgIpc) is 2.57. The molecule has 1 atom stereocenters. The number of rotatable bonds is 1. The van der Waals surface area contributed by atoms with Crippen molar-refractivity contribution in [1.29, 1.82) is 0 Å². The Morgan fingerprint density at radius 2 is 1.87 bits per heavy atom. The standard InChI is InChI=1S/C5H11N.C2H6O3S.C2H6O/c1-5-2-3-6-4-5;1-2-6(3,4)5;1-3-2/h5-6H,2-4H2,1H3;2H2,1H3,(H,3,4,5);1-2H3. The van der Waals surface area contributed by atoms with E-state index in [2.05, 4.69) is 17.0 Å². The molecule has 0 amide bonds. The molecule has 0 spiro atoms. The largest absolute Gasteiger partial charge is 0.748 e. The van der Waals surface area contributed by atoms with E-state index >= 15 is 0 Å². The first-order valence-corrected chi connectivity index (χ1v) is 6.60. The number of nitrogens with two attached hydrogens (primary N) is 1. The summed E-state index contributed by atoms with van der Waals surface area (Å²) in [7, 11) is -0.662. The molecular weight excluding hydrogens is 218 g/mol. The van der Waals surface area contributed by atoms with Gasteiger partial charge in [-0.2, -0.15) is 0 Å². The van der Waals surface area contributed by atoms with E-state index in [0.29, 0.717) is 0 Å². The van der Waals surface area contributed by atoms with Crippen LogP contribution in [0.5, 0.6) is 0 Å². The van der Waals surface area contributed by atoms with Crippen LogP contribution >= 0.6 is 0 Å². The van der Waals surface area contributed by atoms with Gasteiger partial charge in [-0.05, 0) is 0 Å². The molecule has 1 saturated heterocycles. The first-order chi connectivity index (χ1) is 6.87. The molecule has 0 radical (unpaired) electrons. The van der Waals surface area contributed by atoms with Crippen molar-refractivity contribution in [1.82, 2.24) is 0 Å². The fourth-order valence-electron chi connectivity index (χ4n) is 0.923. The van der Waals surface area contributed by atoms with Gasteiger partial charge in [-0.1, -0.05) is 13.8 Å². The van der Waals surface area contributed by atoms with Crippen LogP contribution < -0.4 is 5.32 Å². The molecule has 0 aromatic rings. The lowest BCUT2D eigenvalue weighted by Crippen LogP contribution is -2.81. The monoisotopic (exact) mass is 241 g/mol. The Labute approximate surface area is 93.0 Å². The average molecular weight is 241 g/mol. The van der Waals surface area contributed by atoms with E-state index in [1.54, 1.807) is 14.2 Å². The lowest BCUT2D eigenvalue weighted by Gasteiger charge is -1.97. The van der Waals surface area contributed by atoms with Gasteiger partial charge in [-0.15, -0.1) is 0 Å². The summed E-state index contributed by atoms with van der Waals surface area (Å²) in [5.74, 6) is 0.678. The molecule has 0 aromatic carbocycles. The highest BCUT2D eigenvalue weighted by molar-refractivity contribution is 7.85. The van der Waals surface area contributed by atoms with Gasteiger partial charge in [-0.3, -0.25) is 0 Å². The van der Waals surface area contributed by atoms with E-state index in [4.69, 9.17) is 0 Å². The first kappa shape index (κ1) is 17.2. The fraction of sp³-hybridized carbons (Fsp3) is 1.00. The fourth-order valence-corrected chi connectivity index (χ4v) is 0.923. The van der Waals surface area contributed by atoms with Crippen LogP contribution in [0.4, 0.5) is 0 Å². The van der Waals surface area contributed by atoms with Gasteiger partial charge in [0.15, 0.2) is 0 Å². The summed E-state index contributed by atoms with van der Waals surface area (Å²) in [5, 5.41) is 2.38. The van der Waals surface area contributed by atoms with Crippen molar-refractivity contribution < 1.29 is 23.0 Å². The van der Waals surface area contributed by atoms with Crippen LogP contribution in [0.2, 0.25) is 0 Å². The van der Waals surface area contributed by atoms with Crippen LogP contribution in [0, 0.1) is 5.92 Å². The normalized spacial score (nSPS) is 19.7. The maximum absolute atomic E-state index is 9.44. The summed E-state index contributed by atoms with van der Waals surface area (Å²) in [4.78, 5) is 0. The molecule has 0 aromatic heterocycles. The molecule has 0 saturated carbocycles. The molecule has 5 nitrogen and oxygen atoms in total. The Kier molecular flexibility index (Phi) is 11.9. The zero-order valence-electron chi connectivity index (χ0n) is 10.0.